The Morgan fingerprint density at radius 2 is 2.21 bits per heavy atom. The molecule has 100 valence electrons. The molecule has 2 rings (SSSR count). The zero-order chi connectivity index (χ0) is 13.5. The Morgan fingerprint density at radius 3 is 2.95 bits per heavy atom. The van der Waals surface area contributed by atoms with Crippen LogP contribution in [0.15, 0.2) is 42.7 Å². The quantitative estimate of drug-likeness (QED) is 0.809. The summed E-state index contributed by atoms with van der Waals surface area (Å²) in [5, 5.41) is 4.02. The van der Waals surface area contributed by atoms with Gasteiger partial charge in [-0.2, -0.15) is 0 Å². The molecule has 0 aliphatic rings. The van der Waals surface area contributed by atoms with Gasteiger partial charge < -0.3 is 10.1 Å². The van der Waals surface area contributed by atoms with Gasteiger partial charge in [-0.1, -0.05) is 24.6 Å². The molecule has 1 aromatic heterocycles. The van der Waals surface area contributed by atoms with Crippen LogP contribution in [0.4, 0.5) is 0 Å². The molecule has 0 aliphatic carbocycles. The van der Waals surface area contributed by atoms with Crippen LogP contribution >= 0.6 is 11.6 Å². The van der Waals surface area contributed by atoms with Crippen LogP contribution in [-0.4, -0.2) is 11.5 Å². The van der Waals surface area contributed by atoms with Gasteiger partial charge in [0.05, 0.1) is 6.20 Å². The number of aromatic nitrogens is 1. The summed E-state index contributed by atoms with van der Waals surface area (Å²) in [4.78, 5) is 4.03. The largest absolute Gasteiger partial charge is 0.455 e. The SMILES string of the molecule is CCCNCc1ccc(Cl)cc1Oc1cccnc1. The minimum atomic E-state index is 0.665. The Morgan fingerprint density at radius 1 is 1.32 bits per heavy atom. The standard InChI is InChI=1S/C15H17ClN2O/c1-2-7-17-10-12-5-6-13(16)9-15(12)19-14-4-3-8-18-11-14/h3-6,8-9,11,17H,2,7,10H2,1H3. The summed E-state index contributed by atoms with van der Waals surface area (Å²) in [5.74, 6) is 1.48. The number of benzene rings is 1. The molecule has 0 amide bonds. The fraction of sp³-hybridized carbons (Fsp3) is 0.267. The summed E-state index contributed by atoms with van der Waals surface area (Å²) in [7, 11) is 0. The van der Waals surface area contributed by atoms with Crippen molar-refractivity contribution in [3.05, 3.63) is 53.3 Å². The van der Waals surface area contributed by atoms with Crippen LogP contribution in [0.3, 0.4) is 0 Å². The molecular weight excluding hydrogens is 260 g/mol. The van der Waals surface area contributed by atoms with Gasteiger partial charge in [-0.3, -0.25) is 4.98 Å². The van der Waals surface area contributed by atoms with Gasteiger partial charge in [-0.25, -0.2) is 0 Å². The van der Waals surface area contributed by atoms with Crippen molar-refractivity contribution in [2.45, 2.75) is 19.9 Å². The highest BCUT2D eigenvalue weighted by Gasteiger charge is 2.06. The van der Waals surface area contributed by atoms with E-state index < -0.39 is 0 Å². The third-order valence-electron chi connectivity index (χ3n) is 2.63. The minimum absolute atomic E-state index is 0.665. The maximum Gasteiger partial charge on any atom is 0.145 e. The fourth-order valence-corrected chi connectivity index (χ4v) is 1.87. The van der Waals surface area contributed by atoms with E-state index in [2.05, 4.69) is 17.2 Å². The summed E-state index contributed by atoms with van der Waals surface area (Å²) in [6.45, 7) is 3.89. The summed E-state index contributed by atoms with van der Waals surface area (Å²) < 4.78 is 5.83. The van der Waals surface area contributed by atoms with E-state index in [1.807, 2.05) is 30.3 Å². The molecule has 0 bridgehead atoms. The minimum Gasteiger partial charge on any atom is -0.455 e. The molecule has 0 saturated heterocycles. The van der Waals surface area contributed by atoms with E-state index >= 15 is 0 Å². The molecule has 0 saturated carbocycles. The van der Waals surface area contributed by atoms with Crippen molar-refractivity contribution in [1.29, 1.82) is 0 Å². The van der Waals surface area contributed by atoms with E-state index in [1.165, 1.54) is 0 Å². The second kappa shape index (κ2) is 7.12. The normalized spacial score (nSPS) is 10.4. The highest BCUT2D eigenvalue weighted by Crippen LogP contribution is 2.28. The maximum absolute atomic E-state index is 6.03. The molecule has 0 atom stereocenters. The molecule has 1 heterocycles. The van der Waals surface area contributed by atoms with Gasteiger partial charge in [0.15, 0.2) is 0 Å². The lowest BCUT2D eigenvalue weighted by Gasteiger charge is -2.12. The number of hydrogen-bond donors (Lipinski definition) is 1. The maximum atomic E-state index is 6.03. The molecule has 19 heavy (non-hydrogen) atoms. The van der Waals surface area contributed by atoms with E-state index in [1.54, 1.807) is 12.4 Å². The van der Waals surface area contributed by atoms with E-state index in [4.69, 9.17) is 16.3 Å². The number of hydrogen-bond acceptors (Lipinski definition) is 3. The molecule has 2 aromatic rings. The summed E-state index contributed by atoms with van der Waals surface area (Å²) >= 11 is 6.03. The first kappa shape index (κ1) is 13.8. The number of ether oxygens (including phenoxy) is 1. The number of pyridine rings is 1. The second-order valence-electron chi connectivity index (χ2n) is 4.22. The van der Waals surface area contributed by atoms with E-state index in [-0.39, 0.29) is 0 Å². The van der Waals surface area contributed by atoms with Gasteiger partial charge in [0.1, 0.15) is 11.5 Å². The van der Waals surface area contributed by atoms with Gasteiger partial charge >= 0.3 is 0 Å². The first-order valence-electron chi connectivity index (χ1n) is 6.36. The van der Waals surface area contributed by atoms with Crippen LogP contribution in [0.25, 0.3) is 0 Å². The molecule has 0 spiro atoms. The summed E-state index contributed by atoms with van der Waals surface area (Å²) in [5.41, 5.74) is 1.08. The first-order valence-corrected chi connectivity index (χ1v) is 6.74. The predicted molar refractivity (Wildman–Crippen MR) is 77.8 cm³/mol. The van der Waals surface area contributed by atoms with Crippen LogP contribution in [0.2, 0.25) is 5.02 Å². The molecule has 4 heteroatoms. The lowest BCUT2D eigenvalue weighted by atomic mass is 10.2. The zero-order valence-corrected chi connectivity index (χ0v) is 11.7. The first-order chi connectivity index (χ1) is 9.29. The summed E-state index contributed by atoms with van der Waals surface area (Å²) in [6.07, 6.45) is 4.51. The van der Waals surface area contributed by atoms with Gasteiger partial charge in [-0.05, 0) is 37.2 Å². The van der Waals surface area contributed by atoms with Crippen molar-refractivity contribution in [2.75, 3.05) is 6.54 Å². The molecular formula is C15H17ClN2O. The monoisotopic (exact) mass is 276 g/mol. The van der Waals surface area contributed by atoms with Crippen molar-refractivity contribution >= 4 is 11.6 Å². The molecule has 0 radical (unpaired) electrons. The molecule has 0 unspecified atom stereocenters. The molecule has 0 aliphatic heterocycles. The molecule has 0 fully saturated rings. The topological polar surface area (TPSA) is 34.1 Å². The third-order valence-corrected chi connectivity index (χ3v) is 2.87. The Kier molecular flexibility index (Phi) is 5.19. The number of halogens is 1. The van der Waals surface area contributed by atoms with Crippen molar-refractivity contribution < 1.29 is 4.74 Å². The van der Waals surface area contributed by atoms with Crippen molar-refractivity contribution in [3.8, 4) is 11.5 Å². The molecule has 3 nitrogen and oxygen atoms in total. The Labute approximate surface area is 118 Å². The predicted octanol–water partition coefficient (Wildman–Crippen LogP) is 4.03. The van der Waals surface area contributed by atoms with Crippen LogP contribution in [0, 0.1) is 0 Å². The van der Waals surface area contributed by atoms with Crippen LogP contribution < -0.4 is 10.1 Å². The molecule has 1 N–H and O–H groups in total. The van der Waals surface area contributed by atoms with E-state index in [0.717, 1.165) is 30.8 Å². The average molecular weight is 277 g/mol. The zero-order valence-electron chi connectivity index (χ0n) is 10.9. The Hall–Kier alpha value is -1.58. The van der Waals surface area contributed by atoms with E-state index in [9.17, 15) is 0 Å². The lowest BCUT2D eigenvalue weighted by molar-refractivity contribution is 0.470. The van der Waals surface area contributed by atoms with Gasteiger partial charge in [0, 0.05) is 23.3 Å². The van der Waals surface area contributed by atoms with Gasteiger partial charge in [-0.15, -0.1) is 0 Å². The van der Waals surface area contributed by atoms with Gasteiger partial charge in [0.25, 0.3) is 0 Å². The smallest absolute Gasteiger partial charge is 0.145 e. The second-order valence-corrected chi connectivity index (χ2v) is 4.66. The Balaban J connectivity index is 2.15. The van der Waals surface area contributed by atoms with Crippen LogP contribution in [0.1, 0.15) is 18.9 Å². The van der Waals surface area contributed by atoms with Crippen molar-refractivity contribution in [1.82, 2.24) is 10.3 Å². The highest BCUT2D eigenvalue weighted by atomic mass is 35.5. The highest BCUT2D eigenvalue weighted by molar-refractivity contribution is 6.30. The molecule has 1 aromatic carbocycles. The average Bonchev–Trinajstić information content (AvgIpc) is 2.43. The fourth-order valence-electron chi connectivity index (χ4n) is 1.70. The number of nitrogens with zero attached hydrogens (tertiary/aromatic N) is 1. The van der Waals surface area contributed by atoms with E-state index in [0.29, 0.717) is 10.8 Å². The number of rotatable bonds is 6. The lowest BCUT2D eigenvalue weighted by Crippen LogP contribution is -2.14. The summed E-state index contributed by atoms with van der Waals surface area (Å²) in [6, 6.07) is 9.40. The van der Waals surface area contributed by atoms with Gasteiger partial charge in [0.2, 0.25) is 0 Å². The number of nitrogens with one attached hydrogen (secondary N) is 1. The van der Waals surface area contributed by atoms with Crippen molar-refractivity contribution in [2.24, 2.45) is 0 Å². The third kappa shape index (κ3) is 4.23. The van der Waals surface area contributed by atoms with Crippen molar-refractivity contribution in [3.63, 3.8) is 0 Å². The van der Waals surface area contributed by atoms with Crippen LogP contribution in [0.5, 0.6) is 11.5 Å². The Bertz CT molecular complexity index is 517. The van der Waals surface area contributed by atoms with Crippen LogP contribution in [-0.2, 0) is 6.54 Å².